The second-order valence-corrected chi connectivity index (χ2v) is 5.42. The van der Waals surface area contributed by atoms with E-state index in [4.69, 9.17) is 9.84 Å². The van der Waals surface area contributed by atoms with E-state index in [0.717, 1.165) is 15.8 Å². The predicted octanol–water partition coefficient (Wildman–Crippen LogP) is -0.712. The SMILES string of the molecule is COc1cccc(CO)c1[Se]C[C@@H](O)CO. The van der Waals surface area contributed by atoms with E-state index < -0.39 is 6.10 Å². The standard InChI is InChI=1S/C11H16O4Se/c1-15-10-4-2-3-8(5-12)11(10)16-7-9(14)6-13/h2-4,9,12-14H,5-7H2,1H3/t9-/m0/s1. The molecule has 1 atom stereocenters. The molecule has 0 unspecified atom stereocenters. The maximum absolute atomic E-state index is 9.31. The molecule has 1 aromatic carbocycles. The molecule has 16 heavy (non-hydrogen) atoms. The molecule has 0 aliphatic heterocycles. The zero-order valence-electron chi connectivity index (χ0n) is 9.09. The number of rotatable bonds is 6. The van der Waals surface area contributed by atoms with Crippen molar-refractivity contribution in [2.45, 2.75) is 18.0 Å². The molecule has 0 bridgehead atoms. The zero-order chi connectivity index (χ0) is 12.0. The van der Waals surface area contributed by atoms with Gasteiger partial charge in [0.15, 0.2) is 0 Å². The number of hydrogen-bond acceptors (Lipinski definition) is 4. The van der Waals surface area contributed by atoms with Gasteiger partial charge in [0.2, 0.25) is 0 Å². The van der Waals surface area contributed by atoms with Crippen LogP contribution in [-0.4, -0.2) is 50.1 Å². The van der Waals surface area contributed by atoms with Crippen molar-refractivity contribution >= 4 is 19.4 Å². The summed E-state index contributed by atoms with van der Waals surface area (Å²) in [5.74, 6) is 0.733. The van der Waals surface area contributed by atoms with Crippen LogP contribution in [0.2, 0.25) is 5.32 Å². The fraction of sp³-hybridized carbons (Fsp3) is 0.455. The minimum atomic E-state index is -0.698. The first-order valence-electron chi connectivity index (χ1n) is 4.91. The van der Waals surface area contributed by atoms with Crippen LogP contribution in [0.1, 0.15) is 5.56 Å². The van der Waals surface area contributed by atoms with Crippen molar-refractivity contribution in [2.24, 2.45) is 0 Å². The van der Waals surface area contributed by atoms with Gasteiger partial charge in [0.25, 0.3) is 0 Å². The van der Waals surface area contributed by atoms with Gasteiger partial charge >= 0.3 is 101 Å². The molecule has 90 valence electrons. The summed E-state index contributed by atoms with van der Waals surface area (Å²) in [6.45, 7) is -0.269. The number of aliphatic hydroxyl groups excluding tert-OH is 3. The van der Waals surface area contributed by atoms with Crippen LogP contribution in [0, 0.1) is 0 Å². The molecule has 0 aliphatic carbocycles. The Hall–Kier alpha value is -0.581. The van der Waals surface area contributed by atoms with Crippen LogP contribution in [0.4, 0.5) is 0 Å². The quantitative estimate of drug-likeness (QED) is 0.606. The second-order valence-electron chi connectivity index (χ2n) is 3.25. The molecular weight excluding hydrogens is 275 g/mol. The van der Waals surface area contributed by atoms with Gasteiger partial charge in [-0.1, -0.05) is 0 Å². The Kier molecular flexibility index (Phi) is 5.80. The van der Waals surface area contributed by atoms with Gasteiger partial charge in [-0.25, -0.2) is 0 Å². The van der Waals surface area contributed by atoms with Gasteiger partial charge < -0.3 is 0 Å². The van der Waals surface area contributed by atoms with Crippen LogP contribution < -0.4 is 9.20 Å². The molecule has 0 spiro atoms. The van der Waals surface area contributed by atoms with E-state index in [0.29, 0.717) is 5.32 Å². The number of aliphatic hydroxyl groups is 3. The summed E-state index contributed by atoms with van der Waals surface area (Å²) < 4.78 is 6.17. The molecule has 0 radical (unpaired) electrons. The third kappa shape index (κ3) is 3.47. The van der Waals surface area contributed by atoms with Crippen molar-refractivity contribution in [3.05, 3.63) is 23.8 Å². The van der Waals surface area contributed by atoms with Crippen molar-refractivity contribution < 1.29 is 20.1 Å². The molecule has 0 aliphatic rings. The summed E-state index contributed by atoms with van der Waals surface area (Å²) in [6.07, 6.45) is -0.698. The Morgan fingerprint density at radius 3 is 2.69 bits per heavy atom. The number of hydrogen-bond donors (Lipinski definition) is 3. The maximum atomic E-state index is 9.31. The van der Waals surface area contributed by atoms with Gasteiger partial charge in [-0.05, 0) is 0 Å². The van der Waals surface area contributed by atoms with Gasteiger partial charge in [-0.2, -0.15) is 0 Å². The normalized spacial score (nSPS) is 12.5. The first-order valence-corrected chi connectivity index (χ1v) is 6.98. The molecule has 1 aromatic rings. The molecule has 0 amide bonds. The van der Waals surface area contributed by atoms with Crippen LogP contribution in [-0.2, 0) is 6.61 Å². The summed E-state index contributed by atoms with van der Waals surface area (Å²) in [4.78, 5) is 0. The van der Waals surface area contributed by atoms with Crippen molar-refractivity contribution in [1.82, 2.24) is 0 Å². The first-order chi connectivity index (χ1) is 7.72. The minimum absolute atomic E-state index is 0.0210. The van der Waals surface area contributed by atoms with Crippen LogP contribution in [0.3, 0.4) is 0 Å². The Labute approximate surface area is 101 Å². The van der Waals surface area contributed by atoms with E-state index in [2.05, 4.69) is 0 Å². The molecule has 1 rings (SSSR count). The summed E-state index contributed by atoms with van der Waals surface area (Å²) in [5.41, 5.74) is 0.824. The van der Waals surface area contributed by atoms with Gasteiger partial charge in [-0.15, -0.1) is 0 Å². The van der Waals surface area contributed by atoms with Crippen LogP contribution in [0.25, 0.3) is 0 Å². The summed E-state index contributed by atoms with van der Waals surface area (Å²) >= 11 is -0.0210. The molecule has 5 heteroatoms. The Bertz CT molecular complexity index is 308. The Balaban J connectivity index is 2.82. The molecule has 3 N–H and O–H groups in total. The summed E-state index contributed by atoms with van der Waals surface area (Å²) in [6, 6.07) is 5.50. The van der Waals surface area contributed by atoms with Gasteiger partial charge in [-0.3, -0.25) is 0 Å². The number of benzene rings is 1. The molecule has 0 saturated carbocycles. The average molecular weight is 291 g/mol. The van der Waals surface area contributed by atoms with Crippen molar-refractivity contribution in [3.63, 3.8) is 0 Å². The zero-order valence-corrected chi connectivity index (χ0v) is 10.8. The summed E-state index contributed by atoms with van der Waals surface area (Å²) in [7, 11) is 1.58. The van der Waals surface area contributed by atoms with Crippen LogP contribution in [0.5, 0.6) is 5.75 Å². The fourth-order valence-electron chi connectivity index (χ4n) is 1.24. The van der Waals surface area contributed by atoms with Crippen LogP contribution in [0.15, 0.2) is 18.2 Å². The van der Waals surface area contributed by atoms with Crippen molar-refractivity contribution in [3.8, 4) is 5.75 Å². The van der Waals surface area contributed by atoms with Gasteiger partial charge in [0, 0.05) is 0 Å². The van der Waals surface area contributed by atoms with E-state index in [1.54, 1.807) is 7.11 Å². The topological polar surface area (TPSA) is 69.9 Å². The van der Waals surface area contributed by atoms with E-state index >= 15 is 0 Å². The average Bonchev–Trinajstić information content (AvgIpc) is 2.35. The van der Waals surface area contributed by atoms with E-state index in [9.17, 15) is 10.2 Å². The molecule has 4 nitrogen and oxygen atoms in total. The molecule has 0 heterocycles. The predicted molar refractivity (Wildman–Crippen MR) is 62.2 cm³/mol. The third-order valence-electron chi connectivity index (χ3n) is 2.08. The Morgan fingerprint density at radius 1 is 1.38 bits per heavy atom. The van der Waals surface area contributed by atoms with Crippen molar-refractivity contribution in [1.29, 1.82) is 0 Å². The number of ether oxygens (including phenoxy) is 1. The fourth-order valence-corrected chi connectivity index (χ4v) is 3.50. The number of methoxy groups -OCH3 is 1. The van der Waals surface area contributed by atoms with Gasteiger partial charge in [0.05, 0.1) is 0 Å². The van der Waals surface area contributed by atoms with Gasteiger partial charge in [0.1, 0.15) is 0 Å². The van der Waals surface area contributed by atoms with E-state index in [1.807, 2.05) is 18.2 Å². The van der Waals surface area contributed by atoms with Crippen LogP contribution >= 0.6 is 0 Å². The molecule has 0 aromatic heterocycles. The second kappa shape index (κ2) is 6.89. The first kappa shape index (κ1) is 13.5. The van der Waals surface area contributed by atoms with Crippen molar-refractivity contribution in [2.75, 3.05) is 13.7 Å². The van der Waals surface area contributed by atoms with E-state index in [-0.39, 0.29) is 28.2 Å². The Morgan fingerprint density at radius 2 is 2.12 bits per heavy atom. The molecule has 0 fully saturated rings. The monoisotopic (exact) mass is 292 g/mol. The molecular formula is C11H16O4Se. The summed E-state index contributed by atoms with van der Waals surface area (Å²) in [5, 5.41) is 27.8. The third-order valence-corrected chi connectivity index (χ3v) is 4.82. The van der Waals surface area contributed by atoms with E-state index in [1.165, 1.54) is 0 Å². The molecule has 0 saturated heterocycles.